The summed E-state index contributed by atoms with van der Waals surface area (Å²) in [6.45, 7) is 3.59. The van der Waals surface area contributed by atoms with E-state index >= 15 is 0 Å². The first-order valence-corrected chi connectivity index (χ1v) is 3.75. The van der Waals surface area contributed by atoms with Gasteiger partial charge in [0.1, 0.15) is 0 Å². The Bertz CT molecular complexity index is 74.8. The number of amides is 1. The Kier molecular flexibility index (Phi) is 4.85. The van der Waals surface area contributed by atoms with Crippen LogP contribution >= 0.6 is 11.8 Å². The number of nitrogens with one attached hydrogen (secondary N) is 1. The maximum atomic E-state index is 10.2. The third kappa shape index (κ3) is 5.82. The van der Waals surface area contributed by atoms with Crippen LogP contribution in [0.15, 0.2) is 0 Å². The molecule has 48 valence electrons. The highest BCUT2D eigenvalue weighted by Gasteiger charge is 1.85. The molecule has 0 spiro atoms. The van der Waals surface area contributed by atoms with Crippen molar-refractivity contribution < 1.29 is 4.79 Å². The molecular weight excluding hydrogens is 122 g/mol. The maximum absolute atomic E-state index is 10.2. The van der Waals surface area contributed by atoms with Gasteiger partial charge in [-0.15, -0.1) is 11.8 Å². The van der Waals surface area contributed by atoms with Crippen LogP contribution in [0.4, 0.5) is 0 Å². The Morgan fingerprint density at radius 2 is 2.38 bits per heavy atom. The van der Waals surface area contributed by atoms with Crippen LogP contribution in [0.1, 0.15) is 13.8 Å². The molecule has 0 aromatic rings. The van der Waals surface area contributed by atoms with Crippen molar-refractivity contribution in [1.82, 2.24) is 5.32 Å². The standard InChI is InChI=1S/C5H11NOS/c1-3-8-4-6-5(2)7/h3-4H2,1-2H3,(H,6,7). The van der Waals surface area contributed by atoms with E-state index < -0.39 is 0 Å². The summed E-state index contributed by atoms with van der Waals surface area (Å²) in [5.74, 6) is 1.84. The third-order valence-corrected chi connectivity index (χ3v) is 1.38. The van der Waals surface area contributed by atoms with Gasteiger partial charge in [0.05, 0.1) is 5.88 Å². The number of carbonyl (C=O) groups is 1. The molecule has 0 aliphatic heterocycles. The average molecular weight is 133 g/mol. The average Bonchev–Trinajstić information content (AvgIpc) is 1.66. The van der Waals surface area contributed by atoms with Gasteiger partial charge in [-0.05, 0) is 5.75 Å². The minimum atomic E-state index is 0.0472. The van der Waals surface area contributed by atoms with Gasteiger partial charge in [-0.1, -0.05) is 6.92 Å². The zero-order chi connectivity index (χ0) is 6.41. The largest absolute Gasteiger partial charge is 0.347 e. The van der Waals surface area contributed by atoms with E-state index in [0.717, 1.165) is 11.6 Å². The first kappa shape index (κ1) is 7.82. The van der Waals surface area contributed by atoms with E-state index in [-0.39, 0.29) is 5.91 Å². The molecule has 8 heavy (non-hydrogen) atoms. The van der Waals surface area contributed by atoms with Crippen molar-refractivity contribution in [2.24, 2.45) is 0 Å². The molecule has 0 aliphatic rings. The lowest BCUT2D eigenvalue weighted by atomic mass is 10.7. The highest BCUT2D eigenvalue weighted by molar-refractivity contribution is 7.99. The number of rotatable bonds is 3. The molecule has 1 N–H and O–H groups in total. The van der Waals surface area contributed by atoms with E-state index in [1.165, 1.54) is 6.92 Å². The quantitative estimate of drug-likeness (QED) is 0.456. The summed E-state index contributed by atoms with van der Waals surface area (Å²) < 4.78 is 0. The summed E-state index contributed by atoms with van der Waals surface area (Å²) >= 11 is 1.70. The predicted octanol–water partition coefficient (Wildman–Crippen LogP) is 0.833. The Hall–Kier alpha value is -0.180. The molecule has 0 heterocycles. The summed E-state index contributed by atoms with van der Waals surface area (Å²) in [6.07, 6.45) is 0. The highest BCUT2D eigenvalue weighted by Crippen LogP contribution is 1.92. The molecule has 0 fully saturated rings. The van der Waals surface area contributed by atoms with Crippen molar-refractivity contribution >= 4 is 17.7 Å². The van der Waals surface area contributed by atoms with Crippen molar-refractivity contribution in [2.45, 2.75) is 13.8 Å². The maximum Gasteiger partial charge on any atom is 0.217 e. The van der Waals surface area contributed by atoms with Gasteiger partial charge < -0.3 is 5.32 Å². The molecular formula is C5H11NOS. The van der Waals surface area contributed by atoms with Crippen LogP contribution in [-0.2, 0) is 4.79 Å². The van der Waals surface area contributed by atoms with Crippen molar-refractivity contribution in [1.29, 1.82) is 0 Å². The van der Waals surface area contributed by atoms with E-state index in [0.29, 0.717) is 0 Å². The number of carbonyl (C=O) groups excluding carboxylic acids is 1. The zero-order valence-electron chi connectivity index (χ0n) is 5.23. The zero-order valence-corrected chi connectivity index (χ0v) is 6.05. The van der Waals surface area contributed by atoms with Gasteiger partial charge in [0.15, 0.2) is 0 Å². The number of hydrogen-bond donors (Lipinski definition) is 1. The van der Waals surface area contributed by atoms with Gasteiger partial charge in [0.25, 0.3) is 0 Å². The third-order valence-electron chi connectivity index (χ3n) is 0.627. The Balaban J connectivity index is 2.82. The predicted molar refractivity (Wildman–Crippen MR) is 36.8 cm³/mol. The highest BCUT2D eigenvalue weighted by atomic mass is 32.2. The second-order valence-corrected chi connectivity index (χ2v) is 2.64. The number of thioether (sulfide) groups is 1. The summed E-state index contributed by atoms with van der Waals surface area (Å²) in [5.41, 5.74) is 0. The molecule has 0 rings (SSSR count). The smallest absolute Gasteiger partial charge is 0.217 e. The van der Waals surface area contributed by atoms with Gasteiger partial charge in [0.2, 0.25) is 5.91 Å². The van der Waals surface area contributed by atoms with E-state index in [1.807, 2.05) is 0 Å². The Morgan fingerprint density at radius 3 is 2.75 bits per heavy atom. The lowest BCUT2D eigenvalue weighted by Gasteiger charge is -1.96. The van der Waals surface area contributed by atoms with Gasteiger partial charge in [0, 0.05) is 6.92 Å². The monoisotopic (exact) mass is 133 g/mol. The molecule has 3 heteroatoms. The molecule has 0 aliphatic carbocycles. The fourth-order valence-corrected chi connectivity index (χ4v) is 0.764. The van der Waals surface area contributed by atoms with Crippen LogP contribution in [0, 0.1) is 0 Å². The van der Waals surface area contributed by atoms with E-state index in [1.54, 1.807) is 11.8 Å². The van der Waals surface area contributed by atoms with Gasteiger partial charge in [-0.25, -0.2) is 0 Å². The molecule has 1 amide bonds. The first-order chi connectivity index (χ1) is 3.77. The lowest BCUT2D eigenvalue weighted by molar-refractivity contribution is -0.118. The summed E-state index contributed by atoms with van der Waals surface area (Å²) in [6, 6.07) is 0. The summed E-state index contributed by atoms with van der Waals surface area (Å²) in [4.78, 5) is 10.2. The van der Waals surface area contributed by atoms with E-state index in [2.05, 4.69) is 12.2 Å². The minimum absolute atomic E-state index is 0.0472. The molecule has 0 atom stereocenters. The van der Waals surface area contributed by atoms with Crippen LogP contribution in [0.5, 0.6) is 0 Å². The van der Waals surface area contributed by atoms with Crippen molar-refractivity contribution in [3.63, 3.8) is 0 Å². The van der Waals surface area contributed by atoms with Crippen molar-refractivity contribution in [3.8, 4) is 0 Å². The van der Waals surface area contributed by atoms with Crippen molar-refractivity contribution in [3.05, 3.63) is 0 Å². The second kappa shape index (κ2) is 4.97. The second-order valence-electron chi connectivity index (χ2n) is 1.37. The summed E-state index contributed by atoms with van der Waals surface area (Å²) in [7, 11) is 0. The summed E-state index contributed by atoms with van der Waals surface area (Å²) in [5, 5.41) is 2.67. The van der Waals surface area contributed by atoms with Crippen LogP contribution < -0.4 is 5.32 Å². The van der Waals surface area contributed by atoms with E-state index in [4.69, 9.17) is 0 Å². The molecule has 0 saturated carbocycles. The van der Waals surface area contributed by atoms with Crippen molar-refractivity contribution in [2.75, 3.05) is 11.6 Å². The molecule has 0 aromatic heterocycles. The molecule has 0 saturated heterocycles. The molecule has 0 aromatic carbocycles. The molecule has 0 radical (unpaired) electrons. The van der Waals surface area contributed by atoms with Crippen LogP contribution in [-0.4, -0.2) is 17.5 Å². The van der Waals surface area contributed by atoms with Gasteiger partial charge in [-0.3, -0.25) is 4.79 Å². The molecule has 0 bridgehead atoms. The van der Waals surface area contributed by atoms with Crippen LogP contribution in [0.3, 0.4) is 0 Å². The van der Waals surface area contributed by atoms with Gasteiger partial charge in [-0.2, -0.15) is 0 Å². The lowest BCUT2D eigenvalue weighted by Crippen LogP contribution is -2.18. The topological polar surface area (TPSA) is 29.1 Å². The first-order valence-electron chi connectivity index (χ1n) is 2.59. The number of hydrogen-bond acceptors (Lipinski definition) is 2. The Morgan fingerprint density at radius 1 is 1.75 bits per heavy atom. The minimum Gasteiger partial charge on any atom is -0.347 e. The normalized spacial score (nSPS) is 8.75. The molecule has 0 unspecified atom stereocenters. The van der Waals surface area contributed by atoms with Crippen LogP contribution in [0.25, 0.3) is 0 Å². The Labute approximate surface area is 54.0 Å². The molecule has 2 nitrogen and oxygen atoms in total. The van der Waals surface area contributed by atoms with Gasteiger partial charge >= 0.3 is 0 Å². The fraction of sp³-hybridized carbons (Fsp3) is 0.800. The van der Waals surface area contributed by atoms with Crippen LogP contribution in [0.2, 0.25) is 0 Å². The fourth-order valence-electron chi connectivity index (χ4n) is 0.255. The SMILES string of the molecule is CCSCNC(C)=O. The van der Waals surface area contributed by atoms with E-state index in [9.17, 15) is 4.79 Å².